The molecule has 1 unspecified atom stereocenters. The van der Waals surface area contributed by atoms with Crippen molar-refractivity contribution in [3.63, 3.8) is 0 Å². The van der Waals surface area contributed by atoms with Crippen molar-refractivity contribution in [3.05, 3.63) is 65.6 Å². The van der Waals surface area contributed by atoms with Gasteiger partial charge in [0.1, 0.15) is 10.4 Å². The number of carboxylic acid groups (broad SMARTS) is 1. The van der Waals surface area contributed by atoms with Gasteiger partial charge in [0.05, 0.1) is 12.2 Å². The summed E-state index contributed by atoms with van der Waals surface area (Å²) in [6, 6.07) is 13.1. The number of nitrogens with zero attached hydrogens (tertiary/aromatic N) is 2. The van der Waals surface area contributed by atoms with Crippen LogP contribution in [0.25, 0.3) is 10.9 Å². The fraction of sp³-hybridized carbons (Fsp3) is 0.211. The molecule has 0 amide bonds. The van der Waals surface area contributed by atoms with Crippen LogP contribution in [-0.2, 0) is 23.5 Å². The Kier molecular flexibility index (Phi) is 4.65. The zero-order valence-corrected chi connectivity index (χ0v) is 15.5. The van der Waals surface area contributed by atoms with Crippen molar-refractivity contribution < 1.29 is 9.90 Å². The quantitative estimate of drug-likeness (QED) is 0.674. The fourth-order valence-electron chi connectivity index (χ4n) is 3.32. The topological polar surface area (TPSA) is 69.2 Å². The number of hydrogen-bond donors (Lipinski definition) is 2. The number of nitrogens with one attached hydrogen (secondary N) is 1. The highest BCUT2D eigenvalue weighted by molar-refractivity contribution is 8.22. The van der Waals surface area contributed by atoms with Crippen LogP contribution in [0.15, 0.2) is 48.7 Å². The largest absolute Gasteiger partial charge is 0.480 e. The summed E-state index contributed by atoms with van der Waals surface area (Å²) in [5, 5.41) is 10.8. The van der Waals surface area contributed by atoms with Crippen LogP contribution < -0.4 is 0 Å². The fourth-order valence-corrected chi connectivity index (χ4v) is 4.49. The standard InChI is InChI=1S/C19H17N3O2S2/c23-18(24)17-9-14-13-6-1-2-7-15(13)21-16(14)10-22(17)19(25)26-11-12-5-3-4-8-20-12/h1-8,17,21H,9-11H2,(H,23,24). The van der Waals surface area contributed by atoms with E-state index in [9.17, 15) is 9.90 Å². The lowest BCUT2D eigenvalue weighted by atomic mass is 9.97. The average molecular weight is 383 g/mol. The summed E-state index contributed by atoms with van der Waals surface area (Å²) in [6.45, 7) is 0.481. The Balaban J connectivity index is 1.58. The zero-order chi connectivity index (χ0) is 18.1. The van der Waals surface area contributed by atoms with Gasteiger partial charge in [-0.2, -0.15) is 0 Å². The summed E-state index contributed by atoms with van der Waals surface area (Å²) in [7, 11) is 0. The smallest absolute Gasteiger partial charge is 0.326 e. The molecule has 0 aliphatic carbocycles. The molecular weight excluding hydrogens is 366 g/mol. The summed E-state index contributed by atoms with van der Waals surface area (Å²) < 4.78 is 0.590. The molecule has 132 valence electrons. The van der Waals surface area contributed by atoms with Gasteiger partial charge in [0.2, 0.25) is 0 Å². The summed E-state index contributed by atoms with van der Waals surface area (Å²) in [5.41, 5.74) is 4.09. The van der Waals surface area contributed by atoms with E-state index >= 15 is 0 Å². The second-order valence-corrected chi connectivity index (χ2v) is 7.80. The minimum absolute atomic E-state index is 0.443. The Morgan fingerprint density at radius 1 is 1.31 bits per heavy atom. The molecule has 7 heteroatoms. The van der Waals surface area contributed by atoms with E-state index in [-0.39, 0.29) is 0 Å². The van der Waals surface area contributed by atoms with Gasteiger partial charge < -0.3 is 15.0 Å². The van der Waals surface area contributed by atoms with Crippen molar-refractivity contribution in [2.75, 3.05) is 0 Å². The van der Waals surface area contributed by atoms with Crippen LogP contribution in [0.3, 0.4) is 0 Å². The number of aliphatic carboxylic acids is 1. The molecule has 2 N–H and O–H groups in total. The van der Waals surface area contributed by atoms with Gasteiger partial charge in [-0.15, -0.1) is 0 Å². The Morgan fingerprint density at radius 2 is 2.12 bits per heavy atom. The molecule has 1 aliphatic heterocycles. The third kappa shape index (κ3) is 3.20. The molecule has 1 atom stereocenters. The van der Waals surface area contributed by atoms with Crippen LogP contribution in [0.5, 0.6) is 0 Å². The first-order chi connectivity index (χ1) is 12.6. The molecular formula is C19H17N3O2S2. The SMILES string of the molecule is O=C(O)C1Cc2c([nH]c3ccccc23)CN1C(=S)SCc1ccccn1. The van der Waals surface area contributed by atoms with Crippen LogP contribution in [0, 0.1) is 0 Å². The molecule has 0 fully saturated rings. The van der Waals surface area contributed by atoms with Gasteiger partial charge in [-0.05, 0) is 23.8 Å². The number of fused-ring (bicyclic) bond motifs is 3. The number of benzene rings is 1. The Labute approximate surface area is 160 Å². The number of pyridine rings is 1. The number of thiocarbonyl (C=S) groups is 1. The molecule has 3 heterocycles. The van der Waals surface area contributed by atoms with Crippen LogP contribution in [0.1, 0.15) is 17.0 Å². The summed E-state index contributed by atoms with van der Waals surface area (Å²) in [6.07, 6.45) is 2.19. The third-order valence-corrected chi connectivity index (χ3v) is 6.10. The molecule has 3 aromatic rings. The minimum atomic E-state index is -0.846. The molecule has 4 rings (SSSR count). The number of thioether (sulfide) groups is 1. The first-order valence-corrected chi connectivity index (χ1v) is 9.67. The van der Waals surface area contributed by atoms with Gasteiger partial charge in [0.15, 0.2) is 0 Å². The van der Waals surface area contributed by atoms with Gasteiger partial charge in [-0.1, -0.05) is 48.2 Å². The van der Waals surface area contributed by atoms with Gasteiger partial charge in [-0.25, -0.2) is 4.79 Å². The van der Waals surface area contributed by atoms with E-state index in [0.717, 1.165) is 27.9 Å². The van der Waals surface area contributed by atoms with Gasteiger partial charge >= 0.3 is 5.97 Å². The first-order valence-electron chi connectivity index (χ1n) is 8.28. The predicted molar refractivity (Wildman–Crippen MR) is 107 cm³/mol. The number of aromatic amines is 1. The molecule has 5 nitrogen and oxygen atoms in total. The molecule has 2 aromatic heterocycles. The van der Waals surface area contributed by atoms with Crippen molar-refractivity contribution in [2.45, 2.75) is 24.8 Å². The van der Waals surface area contributed by atoms with Gasteiger partial charge in [0, 0.05) is 35.0 Å². The van der Waals surface area contributed by atoms with E-state index in [1.54, 1.807) is 6.20 Å². The summed E-state index contributed by atoms with van der Waals surface area (Å²) >= 11 is 7.02. The Morgan fingerprint density at radius 3 is 2.88 bits per heavy atom. The van der Waals surface area contributed by atoms with E-state index in [1.165, 1.54) is 11.8 Å². The lowest BCUT2D eigenvalue weighted by Crippen LogP contribution is -2.47. The van der Waals surface area contributed by atoms with Crippen molar-refractivity contribution in [3.8, 4) is 0 Å². The first kappa shape index (κ1) is 17.1. The highest BCUT2D eigenvalue weighted by Gasteiger charge is 2.34. The zero-order valence-electron chi connectivity index (χ0n) is 13.9. The van der Waals surface area contributed by atoms with Gasteiger partial charge in [0.25, 0.3) is 0 Å². The highest BCUT2D eigenvalue weighted by atomic mass is 32.2. The normalized spacial score (nSPS) is 16.5. The maximum absolute atomic E-state index is 11.9. The van der Waals surface area contributed by atoms with Crippen LogP contribution >= 0.6 is 24.0 Å². The van der Waals surface area contributed by atoms with Crippen molar-refractivity contribution in [1.82, 2.24) is 14.9 Å². The van der Waals surface area contributed by atoms with E-state index < -0.39 is 12.0 Å². The van der Waals surface area contributed by atoms with Crippen LogP contribution in [0.4, 0.5) is 0 Å². The monoisotopic (exact) mass is 383 g/mol. The molecule has 0 bridgehead atoms. The van der Waals surface area contributed by atoms with Crippen LogP contribution in [-0.4, -0.2) is 36.3 Å². The number of aromatic nitrogens is 2. The average Bonchev–Trinajstić information content (AvgIpc) is 3.03. The summed E-state index contributed by atoms with van der Waals surface area (Å²) in [4.78, 5) is 21.4. The number of para-hydroxylation sites is 1. The number of rotatable bonds is 3. The van der Waals surface area contributed by atoms with Crippen molar-refractivity contribution in [2.24, 2.45) is 0 Å². The van der Waals surface area contributed by atoms with Crippen molar-refractivity contribution >= 4 is 45.2 Å². The third-order valence-electron chi connectivity index (χ3n) is 4.59. The number of carboxylic acids is 1. The second-order valence-electron chi connectivity index (χ2n) is 6.19. The van der Waals surface area contributed by atoms with E-state index in [2.05, 4.69) is 9.97 Å². The maximum Gasteiger partial charge on any atom is 0.326 e. The molecule has 26 heavy (non-hydrogen) atoms. The molecule has 0 saturated heterocycles. The lowest BCUT2D eigenvalue weighted by Gasteiger charge is -2.34. The molecule has 0 radical (unpaired) electrons. The minimum Gasteiger partial charge on any atom is -0.480 e. The molecule has 0 saturated carbocycles. The summed E-state index contributed by atoms with van der Waals surface area (Å²) in [5.74, 6) is -0.219. The van der Waals surface area contributed by atoms with E-state index in [1.807, 2.05) is 47.4 Å². The van der Waals surface area contributed by atoms with Crippen molar-refractivity contribution in [1.29, 1.82) is 0 Å². The molecule has 0 spiro atoms. The Bertz CT molecular complexity index is 971. The second kappa shape index (κ2) is 7.09. The maximum atomic E-state index is 11.9. The number of carbonyl (C=O) groups is 1. The van der Waals surface area contributed by atoms with E-state index in [0.29, 0.717) is 23.0 Å². The lowest BCUT2D eigenvalue weighted by molar-refractivity contribution is -0.142. The highest BCUT2D eigenvalue weighted by Crippen LogP contribution is 2.32. The number of hydrogen-bond acceptors (Lipinski definition) is 4. The Hall–Kier alpha value is -2.38. The van der Waals surface area contributed by atoms with Crippen LogP contribution in [0.2, 0.25) is 0 Å². The molecule has 1 aliphatic rings. The molecule has 1 aromatic carbocycles. The van der Waals surface area contributed by atoms with E-state index in [4.69, 9.17) is 12.2 Å². The predicted octanol–water partition coefficient (Wildman–Crippen LogP) is 3.59. The van der Waals surface area contributed by atoms with Gasteiger partial charge in [-0.3, -0.25) is 4.98 Å². The number of H-pyrrole nitrogens is 1.